The number of aryl methyl sites for hydroxylation is 1. The minimum Gasteiger partial charge on any atom is -0.347 e. The van der Waals surface area contributed by atoms with E-state index in [0.29, 0.717) is 12.0 Å². The van der Waals surface area contributed by atoms with Crippen LogP contribution in [0.2, 0.25) is 0 Å². The summed E-state index contributed by atoms with van der Waals surface area (Å²) in [6.45, 7) is 5.55. The number of thiophene rings is 2. The number of fused-ring (bicyclic) bond motifs is 3. The smallest absolute Gasteiger partial charge is 0.261 e. The molecule has 5 heteroatoms. The fourth-order valence-corrected chi connectivity index (χ4v) is 5.23. The van der Waals surface area contributed by atoms with Gasteiger partial charge in [-0.1, -0.05) is 0 Å². The van der Waals surface area contributed by atoms with Gasteiger partial charge in [0, 0.05) is 27.9 Å². The second-order valence-electron chi connectivity index (χ2n) is 6.33. The average Bonchev–Trinajstić information content (AvgIpc) is 3.17. The lowest BCUT2D eigenvalue weighted by atomic mass is 9.84. The number of hydrogen-bond acceptors (Lipinski definition) is 4. The zero-order chi connectivity index (χ0) is 15.1. The lowest BCUT2D eigenvalue weighted by Gasteiger charge is -2.44. The van der Waals surface area contributed by atoms with E-state index in [1.54, 1.807) is 22.7 Å². The highest BCUT2D eigenvalue weighted by Gasteiger charge is 2.35. The van der Waals surface area contributed by atoms with Crippen LogP contribution in [0.3, 0.4) is 0 Å². The molecule has 5 rings (SSSR count). The lowest BCUT2D eigenvalue weighted by Crippen LogP contribution is -2.57. The van der Waals surface area contributed by atoms with Crippen molar-refractivity contribution in [3.05, 3.63) is 33.3 Å². The quantitative estimate of drug-likeness (QED) is 0.931. The molecule has 2 aromatic heterocycles. The van der Waals surface area contributed by atoms with Crippen molar-refractivity contribution in [2.45, 2.75) is 25.8 Å². The molecule has 2 bridgehead atoms. The third kappa shape index (κ3) is 2.73. The molecular weight excluding hydrogens is 312 g/mol. The number of hydrogen-bond donors (Lipinski definition) is 1. The van der Waals surface area contributed by atoms with E-state index in [1.807, 2.05) is 6.07 Å². The second-order valence-corrected chi connectivity index (χ2v) is 8.53. The molecular formula is C17H20N2OS2. The van der Waals surface area contributed by atoms with Crippen LogP contribution in [-0.4, -0.2) is 36.5 Å². The zero-order valence-electron chi connectivity index (χ0n) is 12.7. The summed E-state index contributed by atoms with van der Waals surface area (Å²) in [5.41, 5.74) is 1.23. The Balaban J connectivity index is 1.46. The molecule has 1 unspecified atom stereocenters. The van der Waals surface area contributed by atoms with Gasteiger partial charge in [-0.2, -0.15) is 0 Å². The van der Waals surface area contributed by atoms with Gasteiger partial charge < -0.3 is 10.2 Å². The molecule has 3 nitrogen and oxygen atoms in total. The topological polar surface area (TPSA) is 32.3 Å². The summed E-state index contributed by atoms with van der Waals surface area (Å²) < 4.78 is 0. The van der Waals surface area contributed by atoms with Gasteiger partial charge in [0.1, 0.15) is 0 Å². The van der Waals surface area contributed by atoms with Crippen LogP contribution < -0.4 is 5.32 Å². The summed E-state index contributed by atoms with van der Waals surface area (Å²) in [5, 5.41) is 5.43. The summed E-state index contributed by atoms with van der Waals surface area (Å²) in [7, 11) is 0. The van der Waals surface area contributed by atoms with Gasteiger partial charge in [0.2, 0.25) is 0 Å². The van der Waals surface area contributed by atoms with Gasteiger partial charge in [0.15, 0.2) is 0 Å². The SMILES string of the molecule is Cc1cc(-c2ccc(C(=O)NC3CN4CCC3CC4)s2)cs1. The fourth-order valence-electron chi connectivity index (χ4n) is 3.56. The highest BCUT2D eigenvalue weighted by Crippen LogP contribution is 2.32. The summed E-state index contributed by atoms with van der Waals surface area (Å²) in [4.78, 5) is 18.3. The van der Waals surface area contributed by atoms with E-state index >= 15 is 0 Å². The first kappa shape index (κ1) is 14.4. The lowest BCUT2D eigenvalue weighted by molar-refractivity contribution is 0.0622. The molecule has 0 aromatic carbocycles. The van der Waals surface area contributed by atoms with E-state index in [2.05, 4.69) is 34.7 Å². The molecule has 3 saturated heterocycles. The number of piperidine rings is 3. The van der Waals surface area contributed by atoms with Crippen molar-refractivity contribution in [1.82, 2.24) is 10.2 Å². The van der Waals surface area contributed by atoms with Gasteiger partial charge in [0.25, 0.3) is 5.91 Å². The number of carbonyl (C=O) groups excluding carboxylic acids is 1. The Hall–Kier alpha value is -1.17. The van der Waals surface area contributed by atoms with Gasteiger partial charge in [0.05, 0.1) is 4.88 Å². The van der Waals surface area contributed by atoms with Gasteiger partial charge in [-0.15, -0.1) is 22.7 Å². The maximum Gasteiger partial charge on any atom is 0.261 e. The first-order valence-corrected chi connectivity index (χ1v) is 9.57. The number of nitrogens with one attached hydrogen (secondary N) is 1. The first-order chi connectivity index (χ1) is 10.7. The highest BCUT2D eigenvalue weighted by molar-refractivity contribution is 7.18. The van der Waals surface area contributed by atoms with Crippen LogP contribution in [0.5, 0.6) is 0 Å². The number of amides is 1. The molecule has 116 valence electrons. The van der Waals surface area contributed by atoms with Gasteiger partial charge >= 0.3 is 0 Å². The van der Waals surface area contributed by atoms with Crippen molar-refractivity contribution in [1.29, 1.82) is 0 Å². The predicted molar refractivity (Wildman–Crippen MR) is 92.8 cm³/mol. The molecule has 1 N–H and O–H groups in total. The van der Waals surface area contributed by atoms with E-state index < -0.39 is 0 Å². The van der Waals surface area contributed by atoms with Gasteiger partial charge in [-0.05, 0) is 62.4 Å². The summed E-state index contributed by atoms with van der Waals surface area (Å²) >= 11 is 3.35. The molecule has 0 aliphatic carbocycles. The Morgan fingerprint density at radius 2 is 2.14 bits per heavy atom. The largest absolute Gasteiger partial charge is 0.347 e. The number of carbonyl (C=O) groups is 1. The average molecular weight is 332 g/mol. The second kappa shape index (κ2) is 5.80. The molecule has 3 aliphatic heterocycles. The Morgan fingerprint density at radius 3 is 2.77 bits per heavy atom. The standard InChI is InChI=1S/C17H20N2OS2/c1-11-8-13(10-21-11)15-2-3-16(22-15)17(20)18-14-9-19-6-4-12(14)5-7-19/h2-3,8,10,12,14H,4-7,9H2,1H3,(H,18,20). The Kier molecular flexibility index (Phi) is 3.80. The Labute approximate surface area is 139 Å². The van der Waals surface area contributed by atoms with E-state index in [4.69, 9.17) is 0 Å². The molecule has 0 radical (unpaired) electrons. The Morgan fingerprint density at radius 1 is 1.32 bits per heavy atom. The highest BCUT2D eigenvalue weighted by atomic mass is 32.1. The van der Waals surface area contributed by atoms with Crippen molar-refractivity contribution >= 4 is 28.6 Å². The fraction of sp³-hybridized carbons (Fsp3) is 0.471. The van der Waals surface area contributed by atoms with E-state index in [0.717, 1.165) is 11.4 Å². The van der Waals surface area contributed by atoms with Gasteiger partial charge in [-0.3, -0.25) is 4.79 Å². The van der Waals surface area contributed by atoms with Gasteiger partial charge in [-0.25, -0.2) is 0 Å². The van der Waals surface area contributed by atoms with Crippen LogP contribution in [0.15, 0.2) is 23.6 Å². The number of rotatable bonds is 3. The molecule has 5 heterocycles. The summed E-state index contributed by atoms with van der Waals surface area (Å²) in [5.74, 6) is 0.773. The number of nitrogens with zero attached hydrogens (tertiary/aromatic N) is 1. The molecule has 0 saturated carbocycles. The van der Waals surface area contributed by atoms with Crippen LogP contribution in [0.25, 0.3) is 10.4 Å². The van der Waals surface area contributed by atoms with Crippen LogP contribution in [0.4, 0.5) is 0 Å². The van der Waals surface area contributed by atoms with E-state index in [9.17, 15) is 4.79 Å². The Bertz CT molecular complexity index is 682. The van der Waals surface area contributed by atoms with Crippen LogP contribution in [0, 0.1) is 12.8 Å². The van der Waals surface area contributed by atoms with E-state index in [1.165, 1.54) is 41.2 Å². The monoisotopic (exact) mass is 332 g/mol. The van der Waals surface area contributed by atoms with Crippen molar-refractivity contribution in [2.24, 2.45) is 5.92 Å². The maximum absolute atomic E-state index is 12.5. The van der Waals surface area contributed by atoms with Crippen molar-refractivity contribution < 1.29 is 4.79 Å². The molecule has 3 fully saturated rings. The maximum atomic E-state index is 12.5. The van der Waals surface area contributed by atoms with E-state index in [-0.39, 0.29) is 5.91 Å². The first-order valence-electron chi connectivity index (χ1n) is 7.87. The molecule has 22 heavy (non-hydrogen) atoms. The third-order valence-electron chi connectivity index (χ3n) is 4.82. The molecule has 0 spiro atoms. The zero-order valence-corrected chi connectivity index (χ0v) is 14.3. The summed E-state index contributed by atoms with van der Waals surface area (Å²) in [6.07, 6.45) is 2.46. The molecule has 2 aromatic rings. The minimum atomic E-state index is 0.0990. The normalized spacial score (nSPS) is 27.0. The summed E-state index contributed by atoms with van der Waals surface area (Å²) in [6, 6.07) is 6.55. The van der Waals surface area contributed by atoms with Crippen LogP contribution in [0.1, 0.15) is 27.4 Å². The third-order valence-corrected chi connectivity index (χ3v) is 6.81. The predicted octanol–water partition coefficient (Wildman–Crippen LogP) is 3.61. The molecule has 1 amide bonds. The van der Waals surface area contributed by atoms with Crippen LogP contribution >= 0.6 is 22.7 Å². The molecule has 3 aliphatic rings. The van der Waals surface area contributed by atoms with Crippen molar-refractivity contribution in [3.8, 4) is 10.4 Å². The molecule has 1 atom stereocenters. The van der Waals surface area contributed by atoms with Crippen LogP contribution in [-0.2, 0) is 0 Å². The van der Waals surface area contributed by atoms with Crippen molar-refractivity contribution in [3.63, 3.8) is 0 Å². The minimum absolute atomic E-state index is 0.0990. The van der Waals surface area contributed by atoms with Crippen molar-refractivity contribution in [2.75, 3.05) is 19.6 Å².